The summed E-state index contributed by atoms with van der Waals surface area (Å²) in [6.07, 6.45) is 0. The molecule has 5 heteroatoms. The van der Waals surface area contributed by atoms with E-state index in [2.05, 4.69) is 5.10 Å². The van der Waals surface area contributed by atoms with Crippen LogP contribution >= 0.6 is 0 Å². The number of hydrogen-bond donors (Lipinski definition) is 2. The maximum absolute atomic E-state index is 7.40. The number of nitrogen functional groups attached to an aromatic ring is 1. The lowest BCUT2D eigenvalue weighted by atomic mass is 10.2. The summed E-state index contributed by atoms with van der Waals surface area (Å²) < 4.78 is 6.45. The molecule has 2 aromatic rings. The van der Waals surface area contributed by atoms with Crippen molar-refractivity contribution in [3.05, 3.63) is 30.0 Å². The van der Waals surface area contributed by atoms with Gasteiger partial charge in [0, 0.05) is 12.5 Å². The Balaban J connectivity index is 2.67. The zero-order chi connectivity index (χ0) is 10.8. The summed E-state index contributed by atoms with van der Waals surface area (Å²) in [7, 11) is 1.61. The van der Waals surface area contributed by atoms with Gasteiger partial charge in [-0.25, -0.2) is 4.68 Å². The first-order valence-corrected chi connectivity index (χ1v) is 4.54. The zero-order valence-electron chi connectivity index (χ0n) is 8.40. The Kier molecular flexibility index (Phi) is 2.39. The Labute approximate surface area is 87.0 Å². The molecule has 0 radical (unpaired) electrons. The van der Waals surface area contributed by atoms with Gasteiger partial charge in [0.2, 0.25) is 5.96 Å². The van der Waals surface area contributed by atoms with Gasteiger partial charge in [0.05, 0.1) is 17.8 Å². The molecule has 0 saturated carbocycles. The third-order valence-electron chi connectivity index (χ3n) is 2.17. The van der Waals surface area contributed by atoms with Gasteiger partial charge in [-0.2, -0.15) is 5.10 Å². The highest BCUT2D eigenvalue weighted by atomic mass is 16.5. The summed E-state index contributed by atoms with van der Waals surface area (Å²) in [5.74, 6) is -0.0893. The van der Waals surface area contributed by atoms with Crippen LogP contribution in [0, 0.1) is 5.41 Å². The zero-order valence-corrected chi connectivity index (χ0v) is 8.40. The van der Waals surface area contributed by atoms with Crippen molar-refractivity contribution < 1.29 is 4.74 Å². The second-order valence-electron chi connectivity index (χ2n) is 3.19. The molecule has 0 aliphatic rings. The molecule has 0 spiro atoms. The number of hydrogen-bond acceptors (Lipinski definition) is 3. The Hall–Kier alpha value is -1.88. The Morgan fingerprint density at radius 3 is 2.93 bits per heavy atom. The summed E-state index contributed by atoms with van der Waals surface area (Å²) in [6.45, 7) is 0.417. The molecule has 0 fully saturated rings. The van der Waals surface area contributed by atoms with Gasteiger partial charge < -0.3 is 10.5 Å². The van der Waals surface area contributed by atoms with Crippen molar-refractivity contribution in [1.82, 2.24) is 9.78 Å². The van der Waals surface area contributed by atoms with Crippen LogP contribution in [0.3, 0.4) is 0 Å². The number of nitrogens with one attached hydrogen (secondary N) is 1. The molecule has 1 aromatic heterocycles. The van der Waals surface area contributed by atoms with E-state index in [1.807, 2.05) is 24.3 Å². The Bertz CT molecular complexity index is 503. The van der Waals surface area contributed by atoms with Crippen LogP contribution < -0.4 is 5.73 Å². The highest BCUT2D eigenvalue weighted by molar-refractivity contribution is 5.91. The third kappa shape index (κ3) is 1.57. The topological polar surface area (TPSA) is 76.9 Å². The molecule has 0 amide bonds. The lowest BCUT2D eigenvalue weighted by Crippen LogP contribution is -2.21. The monoisotopic (exact) mass is 204 g/mol. The van der Waals surface area contributed by atoms with E-state index in [9.17, 15) is 0 Å². The quantitative estimate of drug-likeness (QED) is 0.564. The summed E-state index contributed by atoms with van der Waals surface area (Å²) in [4.78, 5) is 0. The van der Waals surface area contributed by atoms with Crippen LogP contribution in [0.5, 0.6) is 0 Å². The molecule has 5 nitrogen and oxygen atoms in total. The van der Waals surface area contributed by atoms with Crippen LogP contribution in [-0.4, -0.2) is 22.8 Å². The lowest BCUT2D eigenvalue weighted by molar-refractivity contribution is 0.182. The van der Waals surface area contributed by atoms with Crippen molar-refractivity contribution in [2.24, 2.45) is 5.73 Å². The SMILES string of the molecule is COCc1nn(C(=N)N)c2ccccc12. The number of rotatable bonds is 2. The van der Waals surface area contributed by atoms with Crippen LogP contribution in [0.4, 0.5) is 0 Å². The standard InChI is InChI=1S/C10H12N4O/c1-15-6-8-7-4-2-3-5-9(7)14(13-8)10(11)12/h2-5H,6H2,1H3,(H3,11,12). The lowest BCUT2D eigenvalue weighted by Gasteiger charge is -1.97. The molecule has 0 atom stereocenters. The number of nitrogens with two attached hydrogens (primary N) is 1. The van der Waals surface area contributed by atoms with E-state index in [-0.39, 0.29) is 5.96 Å². The van der Waals surface area contributed by atoms with Gasteiger partial charge in [-0.15, -0.1) is 0 Å². The van der Waals surface area contributed by atoms with Crippen molar-refractivity contribution >= 4 is 16.9 Å². The van der Waals surface area contributed by atoms with E-state index in [4.69, 9.17) is 15.9 Å². The van der Waals surface area contributed by atoms with Crippen molar-refractivity contribution in [3.63, 3.8) is 0 Å². The van der Waals surface area contributed by atoms with Crippen LogP contribution in [0.25, 0.3) is 10.9 Å². The van der Waals surface area contributed by atoms with E-state index < -0.39 is 0 Å². The van der Waals surface area contributed by atoms with E-state index in [1.165, 1.54) is 4.68 Å². The number of nitrogens with zero attached hydrogens (tertiary/aromatic N) is 2. The van der Waals surface area contributed by atoms with Gasteiger partial charge >= 0.3 is 0 Å². The predicted octanol–water partition coefficient (Wildman–Crippen LogP) is 0.924. The van der Waals surface area contributed by atoms with Crippen LogP contribution in [0.15, 0.2) is 24.3 Å². The average Bonchev–Trinajstić information content (AvgIpc) is 2.59. The van der Waals surface area contributed by atoms with E-state index in [0.29, 0.717) is 6.61 Å². The molecule has 1 heterocycles. The van der Waals surface area contributed by atoms with Gasteiger partial charge in [0.1, 0.15) is 0 Å². The number of para-hydroxylation sites is 1. The van der Waals surface area contributed by atoms with Gasteiger partial charge in [-0.3, -0.25) is 5.41 Å². The molecule has 0 aliphatic heterocycles. The number of aromatic nitrogens is 2. The minimum Gasteiger partial charge on any atom is -0.378 e. The smallest absolute Gasteiger partial charge is 0.214 e. The molecule has 15 heavy (non-hydrogen) atoms. The first-order chi connectivity index (χ1) is 7.24. The highest BCUT2D eigenvalue weighted by Gasteiger charge is 2.10. The molecule has 3 N–H and O–H groups in total. The van der Waals surface area contributed by atoms with Crippen molar-refractivity contribution in [2.75, 3.05) is 7.11 Å². The second kappa shape index (κ2) is 3.70. The van der Waals surface area contributed by atoms with E-state index in [0.717, 1.165) is 16.6 Å². The molecule has 78 valence electrons. The number of ether oxygens (including phenoxy) is 1. The minimum atomic E-state index is -0.0893. The molecule has 2 rings (SSSR count). The summed E-state index contributed by atoms with van der Waals surface area (Å²) in [5.41, 5.74) is 7.06. The van der Waals surface area contributed by atoms with Crippen LogP contribution in [0.1, 0.15) is 5.69 Å². The van der Waals surface area contributed by atoms with Gasteiger partial charge in [-0.1, -0.05) is 18.2 Å². The Morgan fingerprint density at radius 1 is 1.53 bits per heavy atom. The highest BCUT2D eigenvalue weighted by Crippen LogP contribution is 2.18. The summed E-state index contributed by atoms with van der Waals surface area (Å²) in [6, 6.07) is 7.63. The molecule has 0 aliphatic carbocycles. The van der Waals surface area contributed by atoms with Crippen molar-refractivity contribution in [1.29, 1.82) is 5.41 Å². The summed E-state index contributed by atoms with van der Waals surface area (Å²) in [5, 5.41) is 12.6. The second-order valence-corrected chi connectivity index (χ2v) is 3.19. The van der Waals surface area contributed by atoms with Crippen molar-refractivity contribution in [2.45, 2.75) is 6.61 Å². The fraction of sp³-hybridized carbons (Fsp3) is 0.200. The first-order valence-electron chi connectivity index (χ1n) is 4.54. The molecular weight excluding hydrogens is 192 g/mol. The maximum atomic E-state index is 7.40. The van der Waals surface area contributed by atoms with Crippen LogP contribution in [0.2, 0.25) is 0 Å². The fourth-order valence-corrected chi connectivity index (χ4v) is 1.56. The molecule has 1 aromatic carbocycles. The van der Waals surface area contributed by atoms with Gasteiger partial charge in [-0.05, 0) is 6.07 Å². The van der Waals surface area contributed by atoms with Crippen molar-refractivity contribution in [3.8, 4) is 0 Å². The van der Waals surface area contributed by atoms with Gasteiger partial charge in [0.25, 0.3) is 0 Å². The van der Waals surface area contributed by atoms with Crippen LogP contribution in [-0.2, 0) is 11.3 Å². The minimum absolute atomic E-state index is 0.0893. The predicted molar refractivity (Wildman–Crippen MR) is 57.8 cm³/mol. The average molecular weight is 204 g/mol. The largest absolute Gasteiger partial charge is 0.378 e. The normalized spacial score (nSPS) is 10.7. The molecule has 0 saturated heterocycles. The number of fused-ring (bicyclic) bond motifs is 1. The number of methoxy groups -OCH3 is 1. The fourth-order valence-electron chi connectivity index (χ4n) is 1.56. The first kappa shape index (κ1) is 9.67. The molecule has 0 unspecified atom stereocenters. The van der Waals surface area contributed by atoms with E-state index in [1.54, 1.807) is 7.11 Å². The van der Waals surface area contributed by atoms with Gasteiger partial charge in [0.15, 0.2) is 0 Å². The third-order valence-corrected chi connectivity index (χ3v) is 2.17. The van der Waals surface area contributed by atoms with E-state index >= 15 is 0 Å². The Morgan fingerprint density at radius 2 is 2.27 bits per heavy atom. The molecular formula is C10H12N4O. The number of benzene rings is 1. The summed E-state index contributed by atoms with van der Waals surface area (Å²) >= 11 is 0. The maximum Gasteiger partial charge on any atom is 0.214 e. The molecule has 0 bridgehead atoms.